The first kappa shape index (κ1) is 11.0. The van der Waals surface area contributed by atoms with Gasteiger partial charge in [-0.3, -0.25) is 0 Å². The third kappa shape index (κ3) is 2.36. The molecule has 2 nitrogen and oxygen atoms in total. The fourth-order valence-corrected chi connectivity index (χ4v) is 3.18. The molecule has 0 aliphatic carbocycles. The molecule has 0 fully saturated rings. The Balaban J connectivity index is 2.06. The molecular weight excluding hydrogens is 208 g/mol. The largest absolute Gasteiger partial charge is 0.390 e. The first-order chi connectivity index (χ1) is 7.33. The minimum atomic E-state index is -0.374. The highest BCUT2D eigenvalue weighted by molar-refractivity contribution is 7.99. The van der Waals surface area contributed by atoms with Gasteiger partial charge >= 0.3 is 0 Å². The lowest BCUT2D eigenvalue weighted by atomic mass is 9.96. The van der Waals surface area contributed by atoms with Crippen molar-refractivity contribution in [3.8, 4) is 0 Å². The fourth-order valence-electron chi connectivity index (χ4n) is 1.86. The smallest absolute Gasteiger partial charge is 0.0850 e. The minimum Gasteiger partial charge on any atom is -0.390 e. The molecule has 0 bridgehead atoms. The molecule has 1 aliphatic rings. The van der Waals surface area contributed by atoms with Crippen molar-refractivity contribution in [3.63, 3.8) is 0 Å². The van der Waals surface area contributed by atoms with Crippen molar-refractivity contribution >= 4 is 11.8 Å². The number of rotatable bonds is 4. The summed E-state index contributed by atoms with van der Waals surface area (Å²) in [4.78, 5) is 1.30. The quantitative estimate of drug-likeness (QED) is 0.850. The Bertz CT molecular complexity index is 327. The van der Waals surface area contributed by atoms with E-state index in [4.69, 9.17) is 4.74 Å². The molecule has 0 amide bonds. The number of hydrogen-bond donors (Lipinski definition) is 1. The van der Waals surface area contributed by atoms with Gasteiger partial charge in [-0.2, -0.15) is 0 Å². The van der Waals surface area contributed by atoms with Gasteiger partial charge in [0.1, 0.15) is 0 Å². The van der Waals surface area contributed by atoms with E-state index in [2.05, 4.69) is 12.1 Å². The van der Waals surface area contributed by atoms with E-state index in [1.807, 2.05) is 30.8 Å². The maximum absolute atomic E-state index is 9.99. The van der Waals surface area contributed by atoms with E-state index in [1.165, 1.54) is 10.5 Å². The third-order valence-corrected chi connectivity index (χ3v) is 3.90. The predicted molar refractivity (Wildman–Crippen MR) is 62.4 cm³/mol. The lowest BCUT2D eigenvalue weighted by molar-refractivity contribution is 0.0315. The maximum Gasteiger partial charge on any atom is 0.0850 e. The molecule has 0 radical (unpaired) electrons. The van der Waals surface area contributed by atoms with Gasteiger partial charge in [0.2, 0.25) is 0 Å². The third-order valence-electron chi connectivity index (χ3n) is 2.69. The van der Waals surface area contributed by atoms with Gasteiger partial charge in [0.25, 0.3) is 0 Å². The minimum absolute atomic E-state index is 0.234. The van der Waals surface area contributed by atoms with Crippen LogP contribution in [0.2, 0.25) is 0 Å². The molecule has 0 spiro atoms. The van der Waals surface area contributed by atoms with E-state index < -0.39 is 0 Å². The van der Waals surface area contributed by atoms with E-state index in [0.717, 1.165) is 5.75 Å². The molecule has 3 heteroatoms. The van der Waals surface area contributed by atoms with Crippen LogP contribution >= 0.6 is 11.8 Å². The van der Waals surface area contributed by atoms with Crippen LogP contribution in [0.4, 0.5) is 0 Å². The lowest BCUT2D eigenvalue weighted by Crippen LogP contribution is -2.24. The highest BCUT2D eigenvalue weighted by Crippen LogP contribution is 2.40. The summed E-state index contributed by atoms with van der Waals surface area (Å²) < 4.78 is 5.26. The zero-order valence-electron chi connectivity index (χ0n) is 8.85. The van der Waals surface area contributed by atoms with Crippen molar-refractivity contribution in [3.05, 3.63) is 29.8 Å². The average Bonchev–Trinajstić information content (AvgIpc) is 2.69. The summed E-state index contributed by atoms with van der Waals surface area (Å²) in [6, 6.07) is 8.30. The Morgan fingerprint density at radius 1 is 1.53 bits per heavy atom. The zero-order chi connectivity index (χ0) is 10.7. The Kier molecular flexibility index (Phi) is 3.67. The molecule has 2 rings (SSSR count). The molecule has 1 heterocycles. The Hall–Kier alpha value is -0.510. The second-order valence-corrected chi connectivity index (χ2v) is 4.74. The van der Waals surface area contributed by atoms with Gasteiger partial charge in [-0.15, -0.1) is 11.8 Å². The van der Waals surface area contributed by atoms with Crippen molar-refractivity contribution in [2.75, 3.05) is 19.0 Å². The van der Waals surface area contributed by atoms with Crippen LogP contribution in [0.25, 0.3) is 0 Å². The summed E-state index contributed by atoms with van der Waals surface area (Å²) >= 11 is 1.82. The molecule has 2 atom stereocenters. The molecule has 1 aromatic carbocycles. The number of aliphatic hydroxyl groups is 1. The van der Waals surface area contributed by atoms with Crippen molar-refractivity contribution < 1.29 is 9.84 Å². The fraction of sp³-hybridized carbons (Fsp3) is 0.500. The van der Waals surface area contributed by atoms with Crippen LogP contribution in [-0.4, -0.2) is 30.2 Å². The monoisotopic (exact) mass is 224 g/mol. The van der Waals surface area contributed by atoms with Crippen LogP contribution in [0.15, 0.2) is 29.2 Å². The maximum atomic E-state index is 9.99. The second kappa shape index (κ2) is 5.01. The van der Waals surface area contributed by atoms with Crippen LogP contribution in [0.3, 0.4) is 0 Å². The van der Waals surface area contributed by atoms with Gasteiger partial charge in [-0.25, -0.2) is 0 Å². The standard InChI is InChI=1S/C12H16O2S/c1-2-14-7-11(13)10-8-15-12-6-4-3-5-9(10)12/h3-6,10-11,13H,2,7-8H2,1H3. The predicted octanol–water partition coefficient (Wildman–Crippen LogP) is 2.27. The van der Waals surface area contributed by atoms with Gasteiger partial charge in [0, 0.05) is 23.2 Å². The van der Waals surface area contributed by atoms with Gasteiger partial charge in [0.05, 0.1) is 12.7 Å². The molecule has 0 saturated carbocycles. The summed E-state index contributed by atoms with van der Waals surface area (Å²) in [6.45, 7) is 3.05. The molecular formula is C12H16O2S. The average molecular weight is 224 g/mol. The lowest BCUT2D eigenvalue weighted by Gasteiger charge is -2.18. The Morgan fingerprint density at radius 2 is 2.33 bits per heavy atom. The Morgan fingerprint density at radius 3 is 3.13 bits per heavy atom. The molecule has 0 aromatic heterocycles. The summed E-state index contributed by atoms with van der Waals surface area (Å²) in [7, 11) is 0. The van der Waals surface area contributed by atoms with Crippen molar-refractivity contribution in [2.24, 2.45) is 0 Å². The summed E-state index contributed by atoms with van der Waals surface area (Å²) in [6.07, 6.45) is -0.374. The molecule has 1 aromatic rings. The summed E-state index contributed by atoms with van der Waals surface area (Å²) in [5.74, 6) is 1.20. The number of fused-ring (bicyclic) bond motifs is 1. The van der Waals surface area contributed by atoms with E-state index in [0.29, 0.717) is 13.2 Å². The van der Waals surface area contributed by atoms with Crippen LogP contribution in [0.1, 0.15) is 18.4 Å². The van der Waals surface area contributed by atoms with Crippen molar-refractivity contribution in [1.29, 1.82) is 0 Å². The molecule has 2 unspecified atom stereocenters. The summed E-state index contributed by atoms with van der Waals surface area (Å²) in [5, 5.41) is 9.99. The van der Waals surface area contributed by atoms with Gasteiger partial charge < -0.3 is 9.84 Å². The van der Waals surface area contributed by atoms with Crippen LogP contribution in [0, 0.1) is 0 Å². The zero-order valence-corrected chi connectivity index (χ0v) is 9.67. The molecule has 15 heavy (non-hydrogen) atoms. The first-order valence-corrected chi connectivity index (χ1v) is 6.29. The number of benzene rings is 1. The highest BCUT2D eigenvalue weighted by Gasteiger charge is 2.28. The number of thioether (sulfide) groups is 1. The van der Waals surface area contributed by atoms with Crippen molar-refractivity contribution in [1.82, 2.24) is 0 Å². The van der Waals surface area contributed by atoms with E-state index in [1.54, 1.807) is 0 Å². The normalized spacial score (nSPS) is 21.3. The molecule has 1 aliphatic heterocycles. The van der Waals surface area contributed by atoms with E-state index in [-0.39, 0.29) is 12.0 Å². The number of hydrogen-bond acceptors (Lipinski definition) is 3. The van der Waals surface area contributed by atoms with Gasteiger partial charge in [-0.1, -0.05) is 18.2 Å². The second-order valence-electron chi connectivity index (χ2n) is 3.68. The number of aliphatic hydroxyl groups excluding tert-OH is 1. The topological polar surface area (TPSA) is 29.5 Å². The number of ether oxygens (including phenoxy) is 1. The molecule has 1 N–H and O–H groups in total. The van der Waals surface area contributed by atoms with Crippen LogP contribution in [0.5, 0.6) is 0 Å². The summed E-state index contributed by atoms with van der Waals surface area (Å²) in [5.41, 5.74) is 1.27. The van der Waals surface area contributed by atoms with E-state index in [9.17, 15) is 5.11 Å². The van der Waals surface area contributed by atoms with Gasteiger partial charge in [-0.05, 0) is 18.6 Å². The highest BCUT2D eigenvalue weighted by atomic mass is 32.2. The first-order valence-electron chi connectivity index (χ1n) is 5.30. The molecule has 0 saturated heterocycles. The van der Waals surface area contributed by atoms with Crippen LogP contribution < -0.4 is 0 Å². The van der Waals surface area contributed by atoms with Crippen LogP contribution in [-0.2, 0) is 4.74 Å². The van der Waals surface area contributed by atoms with Gasteiger partial charge in [0.15, 0.2) is 0 Å². The SMILES string of the molecule is CCOCC(O)C1CSc2ccccc21. The van der Waals surface area contributed by atoms with Crippen molar-refractivity contribution in [2.45, 2.75) is 23.8 Å². The molecule has 82 valence electrons. The van der Waals surface area contributed by atoms with E-state index >= 15 is 0 Å². The Labute approximate surface area is 94.6 Å².